The van der Waals surface area contributed by atoms with Gasteiger partial charge in [-0.25, -0.2) is 5.43 Å². The third kappa shape index (κ3) is 8.08. The van der Waals surface area contributed by atoms with Crippen molar-refractivity contribution in [1.29, 1.82) is 0 Å². The molecule has 2 amide bonds. The topological polar surface area (TPSA) is 130 Å². The highest BCUT2D eigenvalue weighted by molar-refractivity contribution is 5.94. The minimum absolute atomic E-state index is 0.00926. The molecule has 0 saturated carbocycles. The van der Waals surface area contributed by atoms with Crippen LogP contribution in [0.25, 0.3) is 11.3 Å². The lowest BCUT2D eigenvalue weighted by atomic mass is 10.0. The van der Waals surface area contributed by atoms with Crippen LogP contribution in [0, 0.1) is 10.1 Å². The van der Waals surface area contributed by atoms with E-state index in [1.807, 2.05) is 18.2 Å². The molecule has 2 heterocycles. The van der Waals surface area contributed by atoms with Crippen LogP contribution in [0.1, 0.15) is 54.6 Å². The van der Waals surface area contributed by atoms with Crippen molar-refractivity contribution in [1.82, 2.24) is 15.6 Å². The Morgan fingerprint density at radius 3 is 2.46 bits per heavy atom. The summed E-state index contributed by atoms with van der Waals surface area (Å²) in [4.78, 5) is 37.9. The van der Waals surface area contributed by atoms with Gasteiger partial charge in [0.05, 0.1) is 17.2 Å². The standard InChI is InChI=1S/C29H33N5O5/c35-28(23-9-3-1-4-10-23)30-18-6-5-11-26(33-19-7-2-8-20-33)29(36)32-31-21-25-16-17-27(39-25)22-12-14-24(15-13-22)34(37)38/h1,3-4,9-10,12-17,21,26H,2,5-8,11,18-20H2,(H,30,35)(H,32,36)/b31-21+/t26-/m1/s1. The average Bonchev–Trinajstić information content (AvgIpc) is 3.44. The van der Waals surface area contributed by atoms with Gasteiger partial charge in [-0.15, -0.1) is 0 Å². The summed E-state index contributed by atoms with van der Waals surface area (Å²) >= 11 is 0. The van der Waals surface area contributed by atoms with Gasteiger partial charge in [-0.1, -0.05) is 24.6 Å². The van der Waals surface area contributed by atoms with Crippen molar-refractivity contribution in [2.75, 3.05) is 19.6 Å². The predicted octanol–water partition coefficient (Wildman–Crippen LogP) is 4.76. The van der Waals surface area contributed by atoms with Crippen molar-refractivity contribution in [3.05, 3.63) is 88.2 Å². The van der Waals surface area contributed by atoms with Crippen molar-refractivity contribution in [3.63, 3.8) is 0 Å². The predicted molar refractivity (Wildman–Crippen MR) is 148 cm³/mol. The molecule has 1 aliphatic heterocycles. The molecule has 1 atom stereocenters. The van der Waals surface area contributed by atoms with Crippen molar-refractivity contribution in [3.8, 4) is 11.3 Å². The molecule has 10 heteroatoms. The number of nitrogens with zero attached hydrogens (tertiary/aromatic N) is 3. The zero-order valence-corrected chi connectivity index (χ0v) is 21.8. The molecule has 1 saturated heterocycles. The van der Waals surface area contributed by atoms with Gasteiger partial charge in [0.1, 0.15) is 11.5 Å². The highest BCUT2D eigenvalue weighted by Gasteiger charge is 2.26. The van der Waals surface area contributed by atoms with E-state index < -0.39 is 4.92 Å². The van der Waals surface area contributed by atoms with Gasteiger partial charge < -0.3 is 9.73 Å². The number of piperidine rings is 1. The molecule has 1 aliphatic rings. The van der Waals surface area contributed by atoms with E-state index in [9.17, 15) is 19.7 Å². The molecule has 0 bridgehead atoms. The van der Waals surface area contributed by atoms with Gasteiger partial charge in [-0.3, -0.25) is 24.6 Å². The Kier molecular flexibility index (Phi) is 9.96. The molecule has 0 aliphatic carbocycles. The van der Waals surface area contributed by atoms with E-state index in [4.69, 9.17) is 4.42 Å². The van der Waals surface area contributed by atoms with Crippen molar-refractivity contribution < 1.29 is 18.9 Å². The lowest BCUT2D eigenvalue weighted by Crippen LogP contribution is -2.47. The van der Waals surface area contributed by atoms with Gasteiger partial charge in [0.25, 0.3) is 17.5 Å². The number of carbonyl (C=O) groups is 2. The number of hydrogen-bond acceptors (Lipinski definition) is 7. The zero-order chi connectivity index (χ0) is 27.5. The van der Waals surface area contributed by atoms with Gasteiger partial charge >= 0.3 is 0 Å². The fraction of sp³-hybridized carbons (Fsp3) is 0.345. The third-order valence-corrected chi connectivity index (χ3v) is 6.72. The van der Waals surface area contributed by atoms with E-state index >= 15 is 0 Å². The van der Waals surface area contributed by atoms with Gasteiger partial charge in [0, 0.05) is 29.8 Å². The number of nitro benzene ring substituents is 1. The number of non-ortho nitro benzene ring substituents is 1. The Hall–Kier alpha value is -4.31. The SMILES string of the molecule is O=C(NCCCC[C@H](C(=O)N/N=C/c1ccc(-c2ccc([N+](=O)[O-])cc2)o1)N1CCCCC1)c1ccccc1. The maximum Gasteiger partial charge on any atom is 0.269 e. The van der Waals surface area contributed by atoms with Crippen LogP contribution in [-0.4, -0.2) is 53.5 Å². The van der Waals surface area contributed by atoms with E-state index in [1.54, 1.807) is 36.4 Å². The Balaban J connectivity index is 1.28. The van der Waals surface area contributed by atoms with Gasteiger partial charge in [-0.05, 0) is 81.6 Å². The summed E-state index contributed by atoms with van der Waals surface area (Å²) in [6.45, 7) is 2.31. The number of unbranched alkanes of at least 4 members (excludes halogenated alkanes) is 1. The van der Waals surface area contributed by atoms with Crippen LogP contribution in [0.5, 0.6) is 0 Å². The minimum atomic E-state index is -0.451. The van der Waals surface area contributed by atoms with Crippen molar-refractivity contribution in [2.45, 2.75) is 44.6 Å². The van der Waals surface area contributed by atoms with Crippen LogP contribution in [0.2, 0.25) is 0 Å². The van der Waals surface area contributed by atoms with E-state index in [-0.39, 0.29) is 23.5 Å². The van der Waals surface area contributed by atoms with Gasteiger partial charge in [-0.2, -0.15) is 5.10 Å². The van der Waals surface area contributed by atoms with E-state index in [0.29, 0.717) is 35.6 Å². The van der Waals surface area contributed by atoms with E-state index in [1.165, 1.54) is 24.8 Å². The number of amides is 2. The second kappa shape index (κ2) is 14.0. The molecule has 0 spiro atoms. The lowest BCUT2D eigenvalue weighted by molar-refractivity contribution is -0.384. The smallest absolute Gasteiger partial charge is 0.269 e. The number of nitro groups is 1. The van der Waals surface area contributed by atoms with E-state index in [0.717, 1.165) is 38.8 Å². The average molecular weight is 532 g/mol. The largest absolute Gasteiger partial charge is 0.455 e. The fourth-order valence-electron chi connectivity index (χ4n) is 4.62. The first-order chi connectivity index (χ1) is 19.0. The molecule has 1 aromatic heterocycles. The number of nitrogens with one attached hydrogen (secondary N) is 2. The first kappa shape index (κ1) is 27.7. The number of hydrogen-bond donors (Lipinski definition) is 2. The van der Waals surface area contributed by atoms with Crippen LogP contribution >= 0.6 is 0 Å². The summed E-state index contributed by atoms with van der Waals surface area (Å²) < 4.78 is 5.76. The lowest BCUT2D eigenvalue weighted by Gasteiger charge is -2.33. The Labute approximate surface area is 227 Å². The second-order valence-corrected chi connectivity index (χ2v) is 9.47. The molecule has 2 N–H and O–H groups in total. The Morgan fingerprint density at radius 2 is 1.74 bits per heavy atom. The third-order valence-electron chi connectivity index (χ3n) is 6.72. The number of benzene rings is 2. The van der Waals surface area contributed by atoms with Crippen LogP contribution in [0.3, 0.4) is 0 Å². The van der Waals surface area contributed by atoms with Crippen LogP contribution in [0.15, 0.2) is 76.2 Å². The molecule has 0 unspecified atom stereocenters. The van der Waals surface area contributed by atoms with E-state index in [2.05, 4.69) is 20.7 Å². The summed E-state index contributed by atoms with van der Waals surface area (Å²) in [5, 5.41) is 17.9. The van der Waals surface area contributed by atoms with Crippen molar-refractivity contribution >= 4 is 23.7 Å². The molecule has 1 fully saturated rings. The second-order valence-electron chi connectivity index (χ2n) is 9.47. The number of hydrazone groups is 1. The van der Waals surface area contributed by atoms with Crippen molar-refractivity contribution in [2.24, 2.45) is 5.10 Å². The molecule has 204 valence electrons. The summed E-state index contributed by atoms with van der Waals surface area (Å²) in [7, 11) is 0. The summed E-state index contributed by atoms with van der Waals surface area (Å²) in [6, 6.07) is 18.4. The fourth-order valence-corrected chi connectivity index (χ4v) is 4.62. The number of rotatable bonds is 12. The number of likely N-dealkylation sites (tertiary alicyclic amines) is 1. The van der Waals surface area contributed by atoms with Gasteiger partial charge in [0.15, 0.2) is 0 Å². The normalized spacial score (nSPS) is 14.7. The monoisotopic (exact) mass is 531 g/mol. The maximum atomic E-state index is 13.1. The Bertz CT molecular complexity index is 1270. The summed E-state index contributed by atoms with van der Waals surface area (Å²) in [5.41, 5.74) is 4.01. The molecule has 39 heavy (non-hydrogen) atoms. The minimum Gasteiger partial charge on any atom is -0.455 e. The zero-order valence-electron chi connectivity index (χ0n) is 21.8. The quantitative estimate of drug-likeness (QED) is 0.150. The highest BCUT2D eigenvalue weighted by atomic mass is 16.6. The molecule has 3 aromatic rings. The summed E-state index contributed by atoms with van der Waals surface area (Å²) in [6.07, 6.45) is 6.99. The molecule has 10 nitrogen and oxygen atoms in total. The van der Waals surface area contributed by atoms with Gasteiger partial charge in [0.2, 0.25) is 0 Å². The molecule has 0 radical (unpaired) electrons. The maximum absolute atomic E-state index is 13.1. The first-order valence-corrected chi connectivity index (χ1v) is 13.3. The molecular weight excluding hydrogens is 498 g/mol. The summed E-state index contributed by atoms with van der Waals surface area (Å²) in [5.74, 6) is 0.740. The Morgan fingerprint density at radius 1 is 1.00 bits per heavy atom. The van der Waals surface area contributed by atoms with Crippen LogP contribution < -0.4 is 10.7 Å². The molecular formula is C29H33N5O5. The first-order valence-electron chi connectivity index (χ1n) is 13.3. The van der Waals surface area contributed by atoms with Crippen LogP contribution in [-0.2, 0) is 4.79 Å². The number of carbonyl (C=O) groups excluding carboxylic acids is 2. The number of furan rings is 1. The van der Waals surface area contributed by atoms with Crippen LogP contribution in [0.4, 0.5) is 5.69 Å². The molecule has 2 aromatic carbocycles. The molecule has 4 rings (SSSR count). The highest BCUT2D eigenvalue weighted by Crippen LogP contribution is 2.24.